The van der Waals surface area contributed by atoms with Gasteiger partial charge in [-0.15, -0.1) is 0 Å². The SMILES string of the molecule is CC/C=C\C/C=C\C/C=C\C/C=C\C/C=C\CCCCCCCCCCCCCC(=O)NC(CO)C(O)/C=C/CC/C=C/CCCCCCCCCCC. The van der Waals surface area contributed by atoms with Crippen LogP contribution in [0.15, 0.2) is 85.1 Å². The standard InChI is InChI=1S/C50H87NO3/c1-3-5-7-9-11-13-15-17-19-20-21-22-23-24-25-26-27-28-29-30-32-34-36-38-40-42-44-46-50(54)51-48(47-52)49(53)45-43-41-39-37-35-33-31-18-16-14-12-10-8-6-4-2/h5,7,11,13,17,19,21-22,24-25,35,37,43,45,48-49,52-53H,3-4,6,8-10,12,14-16,18,20,23,26-34,36,38-42,44,46-47H2,1-2H3,(H,51,54)/b7-5-,13-11-,19-17-,22-21-,25-24-,37-35+,45-43+. The van der Waals surface area contributed by atoms with Crippen molar-refractivity contribution in [1.29, 1.82) is 0 Å². The summed E-state index contributed by atoms with van der Waals surface area (Å²) in [5, 5.41) is 23.0. The number of hydrogen-bond acceptors (Lipinski definition) is 3. The van der Waals surface area contributed by atoms with E-state index in [1.54, 1.807) is 6.08 Å². The van der Waals surface area contributed by atoms with Crippen molar-refractivity contribution in [3.8, 4) is 0 Å². The number of amides is 1. The van der Waals surface area contributed by atoms with Crippen LogP contribution in [0.5, 0.6) is 0 Å². The van der Waals surface area contributed by atoms with Crippen LogP contribution in [0.4, 0.5) is 0 Å². The van der Waals surface area contributed by atoms with Crippen LogP contribution < -0.4 is 5.32 Å². The summed E-state index contributed by atoms with van der Waals surface area (Å²) in [6, 6.07) is -0.644. The number of carbonyl (C=O) groups excluding carboxylic acids is 1. The Bertz CT molecular complexity index is 988. The van der Waals surface area contributed by atoms with Gasteiger partial charge in [0.15, 0.2) is 0 Å². The zero-order valence-corrected chi connectivity index (χ0v) is 35.5. The maximum Gasteiger partial charge on any atom is 0.220 e. The van der Waals surface area contributed by atoms with E-state index in [1.807, 2.05) is 6.08 Å². The Kier molecular flexibility index (Phi) is 42.9. The van der Waals surface area contributed by atoms with Crippen LogP contribution in [-0.2, 0) is 4.79 Å². The quantitative estimate of drug-likeness (QED) is 0.0431. The molecule has 0 aromatic carbocycles. The number of aliphatic hydroxyl groups excluding tert-OH is 2. The van der Waals surface area contributed by atoms with Crippen LogP contribution in [-0.4, -0.2) is 34.9 Å². The molecule has 3 N–H and O–H groups in total. The lowest BCUT2D eigenvalue weighted by atomic mass is 10.0. The lowest BCUT2D eigenvalue weighted by molar-refractivity contribution is -0.123. The van der Waals surface area contributed by atoms with Crippen molar-refractivity contribution in [3.63, 3.8) is 0 Å². The van der Waals surface area contributed by atoms with E-state index >= 15 is 0 Å². The number of allylic oxidation sites excluding steroid dienone is 13. The number of aliphatic hydroxyl groups is 2. The van der Waals surface area contributed by atoms with Gasteiger partial charge >= 0.3 is 0 Å². The molecule has 0 rings (SSSR count). The fourth-order valence-corrected chi connectivity index (χ4v) is 6.40. The third-order valence-corrected chi connectivity index (χ3v) is 9.86. The first-order valence-corrected chi connectivity index (χ1v) is 22.8. The first-order valence-electron chi connectivity index (χ1n) is 22.8. The van der Waals surface area contributed by atoms with E-state index in [1.165, 1.54) is 122 Å². The van der Waals surface area contributed by atoms with E-state index in [-0.39, 0.29) is 12.5 Å². The predicted octanol–water partition coefficient (Wildman–Crippen LogP) is 14.5. The van der Waals surface area contributed by atoms with E-state index in [0.717, 1.165) is 64.2 Å². The van der Waals surface area contributed by atoms with Gasteiger partial charge in [-0.25, -0.2) is 0 Å². The Morgan fingerprint density at radius 2 is 0.833 bits per heavy atom. The van der Waals surface area contributed by atoms with Crippen molar-refractivity contribution in [2.45, 2.75) is 219 Å². The molecule has 0 fully saturated rings. The predicted molar refractivity (Wildman–Crippen MR) is 239 cm³/mol. The van der Waals surface area contributed by atoms with Crippen LogP contribution in [0, 0.1) is 0 Å². The molecule has 0 aliphatic heterocycles. The smallest absolute Gasteiger partial charge is 0.220 e. The molecule has 4 nitrogen and oxygen atoms in total. The van der Waals surface area contributed by atoms with Crippen molar-refractivity contribution >= 4 is 5.91 Å². The van der Waals surface area contributed by atoms with Gasteiger partial charge in [-0.3, -0.25) is 4.79 Å². The second kappa shape index (κ2) is 45.0. The third kappa shape index (κ3) is 40.7. The number of nitrogens with one attached hydrogen (secondary N) is 1. The van der Waals surface area contributed by atoms with Crippen LogP contribution in [0.25, 0.3) is 0 Å². The molecule has 0 spiro atoms. The molecule has 0 aliphatic carbocycles. The molecule has 0 saturated carbocycles. The molecule has 4 heteroatoms. The minimum absolute atomic E-state index is 0.0812. The number of unbranched alkanes of at least 4 members (excludes halogenated alkanes) is 21. The molecule has 310 valence electrons. The van der Waals surface area contributed by atoms with Crippen LogP contribution in [0.2, 0.25) is 0 Å². The zero-order chi connectivity index (χ0) is 39.3. The minimum atomic E-state index is -0.867. The van der Waals surface area contributed by atoms with Crippen molar-refractivity contribution in [1.82, 2.24) is 5.32 Å². The van der Waals surface area contributed by atoms with Crippen molar-refractivity contribution < 1.29 is 15.0 Å². The largest absolute Gasteiger partial charge is 0.394 e. The molecular weight excluding hydrogens is 663 g/mol. The molecule has 1 amide bonds. The molecule has 0 aromatic rings. The molecule has 2 atom stereocenters. The van der Waals surface area contributed by atoms with E-state index in [2.05, 4.69) is 92.1 Å². The first-order chi connectivity index (χ1) is 26.7. The lowest BCUT2D eigenvalue weighted by Crippen LogP contribution is -2.45. The Balaban J connectivity index is 3.61. The number of hydrogen-bond donors (Lipinski definition) is 3. The molecule has 0 radical (unpaired) electrons. The Morgan fingerprint density at radius 1 is 0.463 bits per heavy atom. The Labute approximate surface area is 335 Å². The van der Waals surface area contributed by atoms with Crippen molar-refractivity contribution in [3.05, 3.63) is 85.1 Å². The third-order valence-electron chi connectivity index (χ3n) is 9.86. The molecule has 54 heavy (non-hydrogen) atoms. The number of rotatable bonds is 40. The average molecular weight is 750 g/mol. The first kappa shape index (κ1) is 51.6. The molecule has 0 aliphatic rings. The van der Waals surface area contributed by atoms with Gasteiger partial charge in [0.1, 0.15) is 0 Å². The maximum absolute atomic E-state index is 12.4. The van der Waals surface area contributed by atoms with E-state index in [0.29, 0.717) is 6.42 Å². The highest BCUT2D eigenvalue weighted by molar-refractivity contribution is 5.76. The molecule has 0 aromatic heterocycles. The highest BCUT2D eigenvalue weighted by atomic mass is 16.3. The summed E-state index contributed by atoms with van der Waals surface area (Å²) in [6.45, 7) is 4.17. The monoisotopic (exact) mass is 750 g/mol. The fraction of sp³-hybridized carbons (Fsp3) is 0.700. The van der Waals surface area contributed by atoms with Gasteiger partial charge in [-0.2, -0.15) is 0 Å². The van der Waals surface area contributed by atoms with E-state index in [4.69, 9.17) is 0 Å². The summed E-state index contributed by atoms with van der Waals surface area (Å²) < 4.78 is 0. The summed E-state index contributed by atoms with van der Waals surface area (Å²) >= 11 is 0. The highest BCUT2D eigenvalue weighted by Crippen LogP contribution is 2.14. The summed E-state index contributed by atoms with van der Waals surface area (Å²) in [4.78, 5) is 12.4. The van der Waals surface area contributed by atoms with Gasteiger partial charge in [0.2, 0.25) is 5.91 Å². The van der Waals surface area contributed by atoms with Gasteiger partial charge in [-0.1, -0.05) is 208 Å². The van der Waals surface area contributed by atoms with Gasteiger partial charge in [0, 0.05) is 6.42 Å². The average Bonchev–Trinajstić information content (AvgIpc) is 3.18. The maximum atomic E-state index is 12.4. The zero-order valence-electron chi connectivity index (χ0n) is 35.5. The normalized spacial score (nSPS) is 13.8. The molecule has 0 bridgehead atoms. The van der Waals surface area contributed by atoms with Crippen molar-refractivity contribution in [2.24, 2.45) is 0 Å². The van der Waals surface area contributed by atoms with Crippen LogP contribution in [0.3, 0.4) is 0 Å². The second-order valence-electron chi connectivity index (χ2n) is 15.1. The highest BCUT2D eigenvalue weighted by Gasteiger charge is 2.17. The van der Waals surface area contributed by atoms with Crippen LogP contribution >= 0.6 is 0 Å². The Hall–Kier alpha value is -2.43. The van der Waals surface area contributed by atoms with Gasteiger partial charge in [0.05, 0.1) is 18.8 Å². The van der Waals surface area contributed by atoms with E-state index in [9.17, 15) is 15.0 Å². The summed E-state index contributed by atoms with van der Waals surface area (Å²) in [5.41, 5.74) is 0. The molecular formula is C50H87NO3. The van der Waals surface area contributed by atoms with Crippen molar-refractivity contribution in [2.75, 3.05) is 6.61 Å². The molecule has 0 saturated heterocycles. The summed E-state index contributed by atoms with van der Waals surface area (Å²) in [6.07, 6.45) is 65.5. The lowest BCUT2D eigenvalue weighted by Gasteiger charge is -2.19. The van der Waals surface area contributed by atoms with E-state index < -0.39 is 12.1 Å². The van der Waals surface area contributed by atoms with Gasteiger partial charge in [-0.05, 0) is 77.0 Å². The second-order valence-corrected chi connectivity index (χ2v) is 15.1. The fourth-order valence-electron chi connectivity index (χ4n) is 6.40. The van der Waals surface area contributed by atoms with Crippen LogP contribution in [0.1, 0.15) is 206 Å². The number of carbonyl (C=O) groups is 1. The molecule has 2 unspecified atom stereocenters. The summed E-state index contributed by atoms with van der Waals surface area (Å²) in [5.74, 6) is -0.0812. The van der Waals surface area contributed by atoms with Gasteiger partial charge < -0.3 is 15.5 Å². The molecule has 0 heterocycles. The summed E-state index contributed by atoms with van der Waals surface area (Å²) in [7, 11) is 0. The minimum Gasteiger partial charge on any atom is -0.394 e. The topological polar surface area (TPSA) is 69.6 Å². The van der Waals surface area contributed by atoms with Gasteiger partial charge in [0.25, 0.3) is 0 Å². The Morgan fingerprint density at radius 3 is 1.30 bits per heavy atom.